The standard InChI is InChI=1S/C59H37N5/c1-3-16-38(17-4-1)40-22-11-23-43(34-40)57-60-58(62-59(61-57)49-30-15-33-53-56(49)48-28-9-10-31-51(48)63(53)45-25-5-2-6-26-45)44-24-12-27-46(35-44)64-52-32-14-21-39-20-13-29-47(55(39)52)50-36-41-18-7-8-19-42(41)37-54(50)64/h1-37H/i1D,3D,4D,16D,17D. The van der Waals surface area contributed by atoms with Crippen LogP contribution in [0.3, 0.4) is 0 Å². The molecule has 1 aliphatic heterocycles. The van der Waals surface area contributed by atoms with E-state index in [4.69, 9.17) is 21.8 Å². The highest BCUT2D eigenvalue weighted by molar-refractivity contribution is 6.17. The number of para-hydroxylation sites is 2. The quantitative estimate of drug-likeness (QED) is 0.168. The van der Waals surface area contributed by atoms with Gasteiger partial charge in [-0.05, 0) is 93.5 Å². The second-order valence-electron chi connectivity index (χ2n) is 16.1. The fourth-order valence-electron chi connectivity index (χ4n) is 9.58. The molecule has 13 rings (SSSR count). The molecule has 0 saturated carbocycles. The maximum Gasteiger partial charge on any atom is 0.164 e. The van der Waals surface area contributed by atoms with E-state index in [0.717, 1.165) is 72.0 Å². The van der Waals surface area contributed by atoms with Crippen molar-refractivity contribution in [3.8, 4) is 62.1 Å². The molecule has 10 aromatic carbocycles. The van der Waals surface area contributed by atoms with E-state index in [9.17, 15) is 0 Å². The predicted octanol–water partition coefficient (Wildman–Crippen LogP) is 15.4. The lowest BCUT2D eigenvalue weighted by Crippen LogP contribution is -2.15. The van der Waals surface area contributed by atoms with Gasteiger partial charge in [0, 0.05) is 49.8 Å². The van der Waals surface area contributed by atoms with Crippen molar-refractivity contribution < 1.29 is 6.85 Å². The molecule has 12 aromatic rings. The Morgan fingerprint density at radius 2 is 0.969 bits per heavy atom. The monoisotopic (exact) mass is 820 g/mol. The van der Waals surface area contributed by atoms with Crippen LogP contribution in [-0.2, 0) is 0 Å². The Kier molecular flexibility index (Phi) is 7.06. The Labute approximate surface area is 376 Å². The maximum atomic E-state index is 8.79. The van der Waals surface area contributed by atoms with Gasteiger partial charge in [0.05, 0.1) is 29.3 Å². The van der Waals surface area contributed by atoms with Gasteiger partial charge in [-0.15, -0.1) is 0 Å². The number of aromatic nitrogens is 4. The third-order valence-corrected chi connectivity index (χ3v) is 12.4. The predicted molar refractivity (Wildman–Crippen MR) is 265 cm³/mol. The Balaban J connectivity index is 1.05. The zero-order valence-electron chi connectivity index (χ0n) is 39.2. The van der Waals surface area contributed by atoms with Crippen molar-refractivity contribution in [2.24, 2.45) is 0 Å². The molecule has 0 radical (unpaired) electrons. The summed E-state index contributed by atoms with van der Waals surface area (Å²) in [6, 6.07) is 64.7. The molecule has 64 heavy (non-hydrogen) atoms. The van der Waals surface area contributed by atoms with Crippen molar-refractivity contribution in [2.45, 2.75) is 0 Å². The molecule has 0 aliphatic carbocycles. The van der Waals surface area contributed by atoms with Crippen LogP contribution in [-0.4, -0.2) is 19.5 Å². The highest BCUT2D eigenvalue weighted by Gasteiger charge is 2.27. The minimum absolute atomic E-state index is 0.106. The smallest absolute Gasteiger partial charge is 0.164 e. The number of anilines is 3. The molecular formula is C59H37N5. The summed E-state index contributed by atoms with van der Waals surface area (Å²) in [5.74, 6) is 1.28. The minimum atomic E-state index is -0.441. The van der Waals surface area contributed by atoms with E-state index < -0.39 is 18.1 Å². The van der Waals surface area contributed by atoms with Gasteiger partial charge in [0.2, 0.25) is 0 Å². The molecule has 5 heteroatoms. The van der Waals surface area contributed by atoms with Gasteiger partial charge in [0.25, 0.3) is 0 Å². The van der Waals surface area contributed by atoms with Gasteiger partial charge in [-0.1, -0.05) is 164 Å². The number of nitrogens with zero attached hydrogens (tertiary/aromatic N) is 5. The first kappa shape index (κ1) is 31.2. The van der Waals surface area contributed by atoms with E-state index in [1.54, 1.807) is 18.2 Å². The van der Waals surface area contributed by atoms with Gasteiger partial charge in [-0.25, -0.2) is 15.0 Å². The van der Waals surface area contributed by atoms with Crippen molar-refractivity contribution in [3.63, 3.8) is 0 Å². The normalized spacial score (nSPS) is 13.1. The third kappa shape index (κ3) is 5.75. The molecule has 5 nitrogen and oxygen atoms in total. The van der Waals surface area contributed by atoms with Crippen molar-refractivity contribution in [3.05, 3.63) is 224 Å². The minimum Gasteiger partial charge on any atom is -0.309 e. The van der Waals surface area contributed by atoms with E-state index in [-0.39, 0.29) is 17.6 Å². The molecule has 0 spiro atoms. The first-order valence-electron chi connectivity index (χ1n) is 23.8. The van der Waals surface area contributed by atoms with E-state index >= 15 is 0 Å². The second-order valence-corrected chi connectivity index (χ2v) is 16.1. The fourth-order valence-corrected chi connectivity index (χ4v) is 9.58. The average molecular weight is 821 g/mol. The van der Waals surface area contributed by atoms with Crippen molar-refractivity contribution in [2.75, 3.05) is 4.90 Å². The highest BCUT2D eigenvalue weighted by Crippen LogP contribution is 2.52. The van der Waals surface area contributed by atoms with E-state index in [1.807, 2.05) is 42.5 Å². The molecule has 1 aliphatic rings. The molecule has 0 atom stereocenters. The molecule has 0 N–H and O–H groups in total. The van der Waals surface area contributed by atoms with Crippen LogP contribution in [0.1, 0.15) is 6.85 Å². The molecule has 0 unspecified atom stereocenters. The Bertz CT molecular complexity index is 4080. The zero-order chi connectivity index (χ0) is 46.5. The Morgan fingerprint density at radius 1 is 0.359 bits per heavy atom. The van der Waals surface area contributed by atoms with Crippen LogP contribution in [0.15, 0.2) is 224 Å². The molecule has 3 heterocycles. The summed E-state index contributed by atoms with van der Waals surface area (Å²) in [5.41, 5.74) is 11.2. The Hall–Kier alpha value is -8.67. The number of hydrogen-bond acceptors (Lipinski definition) is 4. The molecular weight excluding hydrogens is 779 g/mol. The van der Waals surface area contributed by atoms with Gasteiger partial charge < -0.3 is 9.47 Å². The first-order valence-corrected chi connectivity index (χ1v) is 21.3. The van der Waals surface area contributed by atoms with Gasteiger partial charge in [-0.3, -0.25) is 0 Å². The van der Waals surface area contributed by atoms with Crippen molar-refractivity contribution >= 4 is 60.4 Å². The van der Waals surface area contributed by atoms with Crippen LogP contribution < -0.4 is 4.90 Å². The lowest BCUT2D eigenvalue weighted by molar-refractivity contribution is 1.08. The van der Waals surface area contributed by atoms with Gasteiger partial charge in [0.1, 0.15) is 0 Å². The average Bonchev–Trinajstić information content (AvgIpc) is 3.74. The molecule has 0 bridgehead atoms. The summed E-state index contributed by atoms with van der Waals surface area (Å²) in [7, 11) is 0. The lowest BCUT2D eigenvalue weighted by atomic mass is 9.89. The SMILES string of the molecule is [2H]c1c([2H])c([2H])c(-c2cccc(-c3nc(-c4cccc(N5c6cc7ccccc7cc6-c6cccc7cccc5c67)c4)nc(-c4cccc5c4c4ccccc4n5-c4ccccc4)n3)c2)c([2H])c1[2H]. The fraction of sp³-hybridized carbons (Fsp3) is 0. The van der Waals surface area contributed by atoms with Crippen LogP contribution in [0.25, 0.3) is 105 Å². The summed E-state index contributed by atoms with van der Waals surface area (Å²) in [6.45, 7) is 0. The number of fused-ring (bicyclic) bond motifs is 6. The zero-order valence-corrected chi connectivity index (χ0v) is 34.2. The largest absolute Gasteiger partial charge is 0.309 e. The highest BCUT2D eigenvalue weighted by atomic mass is 15.2. The maximum absolute atomic E-state index is 8.79. The van der Waals surface area contributed by atoms with E-state index in [2.05, 4.69) is 143 Å². The van der Waals surface area contributed by atoms with Crippen molar-refractivity contribution in [1.29, 1.82) is 0 Å². The number of benzene rings is 10. The second kappa shape index (κ2) is 14.5. The first-order chi connectivity index (χ1) is 33.8. The van der Waals surface area contributed by atoms with Crippen LogP contribution in [0.2, 0.25) is 0 Å². The van der Waals surface area contributed by atoms with Crippen LogP contribution in [0.4, 0.5) is 17.1 Å². The van der Waals surface area contributed by atoms with E-state index in [0.29, 0.717) is 28.6 Å². The molecule has 0 saturated heterocycles. The van der Waals surface area contributed by atoms with Gasteiger partial charge in [-0.2, -0.15) is 0 Å². The van der Waals surface area contributed by atoms with E-state index in [1.165, 1.54) is 16.3 Å². The molecule has 2 aromatic heterocycles. The van der Waals surface area contributed by atoms with Gasteiger partial charge >= 0.3 is 0 Å². The number of hydrogen-bond donors (Lipinski definition) is 0. The summed E-state index contributed by atoms with van der Waals surface area (Å²) in [5, 5.41) is 6.69. The number of rotatable bonds is 6. The summed E-state index contributed by atoms with van der Waals surface area (Å²) < 4.78 is 44.9. The summed E-state index contributed by atoms with van der Waals surface area (Å²) in [4.78, 5) is 18.2. The third-order valence-electron chi connectivity index (χ3n) is 12.4. The molecule has 0 fully saturated rings. The van der Waals surface area contributed by atoms with Crippen LogP contribution in [0.5, 0.6) is 0 Å². The van der Waals surface area contributed by atoms with Crippen LogP contribution >= 0.6 is 0 Å². The summed E-state index contributed by atoms with van der Waals surface area (Å²) in [6.07, 6.45) is 0. The summed E-state index contributed by atoms with van der Waals surface area (Å²) >= 11 is 0. The lowest BCUT2D eigenvalue weighted by Gasteiger charge is -2.34. The van der Waals surface area contributed by atoms with Crippen LogP contribution in [0, 0.1) is 0 Å². The topological polar surface area (TPSA) is 46.8 Å². The van der Waals surface area contributed by atoms with Crippen molar-refractivity contribution in [1.82, 2.24) is 19.5 Å². The van der Waals surface area contributed by atoms with Gasteiger partial charge in [0.15, 0.2) is 17.5 Å². The molecule has 298 valence electrons. The molecule has 0 amide bonds. The Morgan fingerprint density at radius 3 is 1.81 bits per heavy atom.